The third kappa shape index (κ3) is 4.42. The van der Waals surface area contributed by atoms with E-state index in [0.29, 0.717) is 11.3 Å². The molecule has 2 aromatic carbocycles. The van der Waals surface area contributed by atoms with Crippen molar-refractivity contribution in [3.63, 3.8) is 0 Å². The van der Waals surface area contributed by atoms with Gasteiger partial charge in [0.05, 0.1) is 32.4 Å². The lowest BCUT2D eigenvalue weighted by molar-refractivity contribution is 0.0119. The number of methoxy groups -OCH3 is 1. The van der Waals surface area contributed by atoms with Gasteiger partial charge in [0.15, 0.2) is 0 Å². The van der Waals surface area contributed by atoms with E-state index in [9.17, 15) is 5.11 Å². The molecule has 26 heavy (non-hydrogen) atoms. The maximum Gasteiger partial charge on any atom is 0.124 e. The van der Waals surface area contributed by atoms with Crippen molar-refractivity contribution in [2.75, 3.05) is 33.4 Å². The normalized spacial score (nSPS) is 17.9. The summed E-state index contributed by atoms with van der Waals surface area (Å²) in [5.41, 5.74) is 1.90. The Bertz CT molecular complexity index is 727. The first kappa shape index (κ1) is 18.4. The highest BCUT2D eigenvalue weighted by atomic mass is 16.5. The molecule has 0 bridgehead atoms. The lowest BCUT2D eigenvalue weighted by Gasteiger charge is -2.37. The van der Waals surface area contributed by atoms with Crippen LogP contribution in [0.5, 0.6) is 11.5 Å². The maximum atomic E-state index is 10.1. The highest BCUT2D eigenvalue weighted by Crippen LogP contribution is 2.28. The minimum Gasteiger partial charge on any atom is -0.507 e. The van der Waals surface area contributed by atoms with E-state index in [-0.39, 0.29) is 17.8 Å². The van der Waals surface area contributed by atoms with Gasteiger partial charge in [-0.3, -0.25) is 9.89 Å². The van der Waals surface area contributed by atoms with E-state index in [1.165, 1.54) is 5.56 Å². The average Bonchev–Trinajstić information content (AvgIpc) is 2.69. The molecule has 0 amide bonds. The predicted octanol–water partition coefficient (Wildman–Crippen LogP) is 3.28. The summed E-state index contributed by atoms with van der Waals surface area (Å²) in [6.07, 6.45) is 1.74. The van der Waals surface area contributed by atoms with Crippen molar-refractivity contribution in [2.24, 2.45) is 4.99 Å². The summed E-state index contributed by atoms with van der Waals surface area (Å²) < 4.78 is 10.7. The van der Waals surface area contributed by atoms with Gasteiger partial charge in [-0.2, -0.15) is 0 Å². The van der Waals surface area contributed by atoms with Gasteiger partial charge in [0.2, 0.25) is 0 Å². The fourth-order valence-corrected chi connectivity index (χ4v) is 3.34. The van der Waals surface area contributed by atoms with Gasteiger partial charge in [0, 0.05) is 24.9 Å². The Morgan fingerprint density at radius 1 is 1.15 bits per heavy atom. The first-order valence-corrected chi connectivity index (χ1v) is 8.96. The highest BCUT2D eigenvalue weighted by molar-refractivity contribution is 5.84. The van der Waals surface area contributed by atoms with E-state index in [1.54, 1.807) is 31.5 Å². The molecule has 3 rings (SSSR count). The Kier molecular flexibility index (Phi) is 6.26. The van der Waals surface area contributed by atoms with Crippen molar-refractivity contribution in [3.05, 3.63) is 59.7 Å². The lowest BCUT2D eigenvalue weighted by atomic mass is 9.98. The van der Waals surface area contributed by atoms with Gasteiger partial charge >= 0.3 is 0 Å². The van der Waals surface area contributed by atoms with Crippen LogP contribution in [0.4, 0.5) is 0 Å². The number of ether oxygens (including phenoxy) is 2. The van der Waals surface area contributed by atoms with E-state index >= 15 is 0 Å². The molecule has 0 unspecified atom stereocenters. The molecule has 2 atom stereocenters. The highest BCUT2D eigenvalue weighted by Gasteiger charge is 2.27. The topological polar surface area (TPSA) is 54.3 Å². The average molecular weight is 354 g/mol. The summed E-state index contributed by atoms with van der Waals surface area (Å²) >= 11 is 0. The summed E-state index contributed by atoms with van der Waals surface area (Å²) in [6.45, 7) is 5.39. The number of nitrogens with zero attached hydrogens (tertiary/aromatic N) is 2. The zero-order valence-corrected chi connectivity index (χ0v) is 15.3. The molecule has 1 heterocycles. The van der Waals surface area contributed by atoms with Crippen molar-refractivity contribution in [1.29, 1.82) is 0 Å². The zero-order valence-electron chi connectivity index (χ0n) is 15.3. The molecule has 0 spiro atoms. The molecule has 0 radical (unpaired) electrons. The molecule has 5 heteroatoms. The standard InChI is InChI=1S/C21H26N2O3/c1-16(22-15-18-14-19(25-2)8-9-20(18)24)21(17-6-4-3-5-7-17)23-10-12-26-13-11-23/h3-9,14-16,21,24H,10-13H2,1-2H3/t16-,21-/m1/s1. The first-order valence-electron chi connectivity index (χ1n) is 8.96. The predicted molar refractivity (Wildman–Crippen MR) is 103 cm³/mol. The van der Waals surface area contributed by atoms with E-state index in [2.05, 4.69) is 36.1 Å². The largest absolute Gasteiger partial charge is 0.507 e. The van der Waals surface area contributed by atoms with Gasteiger partial charge < -0.3 is 14.6 Å². The van der Waals surface area contributed by atoms with Crippen molar-refractivity contribution >= 4 is 6.21 Å². The van der Waals surface area contributed by atoms with Gasteiger partial charge in [-0.05, 0) is 30.7 Å². The first-order chi connectivity index (χ1) is 12.7. The van der Waals surface area contributed by atoms with Crippen LogP contribution in [0.2, 0.25) is 0 Å². The Hall–Kier alpha value is -2.37. The quantitative estimate of drug-likeness (QED) is 0.809. The number of morpholine rings is 1. The van der Waals surface area contributed by atoms with Gasteiger partial charge in [-0.25, -0.2) is 0 Å². The second kappa shape index (κ2) is 8.83. The zero-order chi connectivity index (χ0) is 18.4. The van der Waals surface area contributed by atoms with Gasteiger partial charge in [-0.15, -0.1) is 0 Å². The Morgan fingerprint density at radius 2 is 1.88 bits per heavy atom. The monoisotopic (exact) mass is 354 g/mol. The molecule has 5 nitrogen and oxygen atoms in total. The van der Waals surface area contributed by atoms with Crippen LogP contribution in [0.15, 0.2) is 53.5 Å². The Morgan fingerprint density at radius 3 is 2.58 bits per heavy atom. The molecule has 1 aliphatic heterocycles. The second-order valence-corrected chi connectivity index (χ2v) is 6.45. The number of rotatable bonds is 6. The molecule has 0 aliphatic carbocycles. The van der Waals surface area contributed by atoms with Crippen molar-refractivity contribution < 1.29 is 14.6 Å². The number of benzene rings is 2. The van der Waals surface area contributed by atoms with E-state index in [0.717, 1.165) is 26.3 Å². The van der Waals surface area contributed by atoms with Crippen LogP contribution in [0, 0.1) is 0 Å². The minimum atomic E-state index is 0.0288. The van der Waals surface area contributed by atoms with Crippen LogP contribution >= 0.6 is 0 Å². The third-order valence-corrected chi connectivity index (χ3v) is 4.72. The summed E-state index contributed by atoms with van der Waals surface area (Å²) in [5, 5.41) is 10.1. The van der Waals surface area contributed by atoms with Crippen LogP contribution in [0.25, 0.3) is 0 Å². The molecule has 1 saturated heterocycles. The minimum absolute atomic E-state index is 0.0288. The number of phenols is 1. The van der Waals surface area contributed by atoms with Crippen LogP contribution in [0.1, 0.15) is 24.1 Å². The summed E-state index contributed by atoms with van der Waals surface area (Å²) in [5.74, 6) is 0.897. The third-order valence-electron chi connectivity index (χ3n) is 4.72. The molecule has 1 N–H and O–H groups in total. The molecule has 138 valence electrons. The van der Waals surface area contributed by atoms with Crippen LogP contribution in [0.3, 0.4) is 0 Å². The number of aromatic hydroxyl groups is 1. The van der Waals surface area contributed by atoms with Gasteiger partial charge in [-0.1, -0.05) is 30.3 Å². The molecular formula is C21H26N2O3. The maximum absolute atomic E-state index is 10.1. The Balaban J connectivity index is 1.84. The van der Waals surface area contributed by atoms with Crippen LogP contribution < -0.4 is 4.74 Å². The van der Waals surface area contributed by atoms with Crippen molar-refractivity contribution in [2.45, 2.75) is 19.0 Å². The molecular weight excluding hydrogens is 328 g/mol. The molecule has 0 saturated carbocycles. The molecule has 1 fully saturated rings. The van der Waals surface area contributed by atoms with Gasteiger partial charge in [0.25, 0.3) is 0 Å². The smallest absolute Gasteiger partial charge is 0.124 e. The van der Waals surface area contributed by atoms with Crippen molar-refractivity contribution in [1.82, 2.24) is 4.90 Å². The number of aliphatic imine (C=N–C) groups is 1. The van der Waals surface area contributed by atoms with E-state index in [4.69, 9.17) is 14.5 Å². The SMILES string of the molecule is COc1ccc(O)c(C=N[C@H](C)[C@H](c2ccccc2)N2CCOCC2)c1. The van der Waals surface area contributed by atoms with Crippen LogP contribution in [-0.4, -0.2) is 55.7 Å². The van der Waals surface area contributed by atoms with Gasteiger partial charge in [0.1, 0.15) is 11.5 Å². The summed E-state index contributed by atoms with van der Waals surface area (Å²) in [7, 11) is 1.61. The fraction of sp³-hybridized carbons (Fsp3) is 0.381. The van der Waals surface area contributed by atoms with E-state index in [1.807, 2.05) is 6.07 Å². The van der Waals surface area contributed by atoms with Crippen molar-refractivity contribution in [3.8, 4) is 11.5 Å². The summed E-state index contributed by atoms with van der Waals surface area (Å²) in [6, 6.07) is 15.8. The second-order valence-electron chi connectivity index (χ2n) is 6.45. The fourth-order valence-electron chi connectivity index (χ4n) is 3.34. The van der Waals surface area contributed by atoms with Crippen LogP contribution in [-0.2, 0) is 4.74 Å². The number of hydrogen-bond acceptors (Lipinski definition) is 5. The molecule has 1 aliphatic rings. The lowest BCUT2D eigenvalue weighted by Crippen LogP contribution is -2.42. The summed E-state index contributed by atoms with van der Waals surface area (Å²) in [4.78, 5) is 7.18. The molecule has 2 aromatic rings. The number of hydrogen-bond donors (Lipinski definition) is 1. The Labute approximate surface area is 154 Å². The van der Waals surface area contributed by atoms with E-state index < -0.39 is 0 Å². The molecule has 0 aromatic heterocycles. The number of phenolic OH excluding ortho intramolecular Hbond substituents is 1.